The van der Waals surface area contributed by atoms with Gasteiger partial charge in [-0.3, -0.25) is 0 Å². The van der Waals surface area contributed by atoms with E-state index >= 15 is 0 Å². The van der Waals surface area contributed by atoms with Gasteiger partial charge in [0.25, 0.3) is 0 Å². The predicted molar refractivity (Wildman–Crippen MR) is 113 cm³/mol. The van der Waals surface area contributed by atoms with Crippen molar-refractivity contribution in [3.63, 3.8) is 0 Å². The van der Waals surface area contributed by atoms with Gasteiger partial charge in [0.1, 0.15) is 16.2 Å². The summed E-state index contributed by atoms with van der Waals surface area (Å²) in [6.45, 7) is 4.15. The number of thioether (sulfide) groups is 1. The molecule has 0 aliphatic heterocycles. The van der Waals surface area contributed by atoms with E-state index in [9.17, 15) is 0 Å². The fraction of sp³-hybridized carbons (Fsp3) is 0.333. The summed E-state index contributed by atoms with van der Waals surface area (Å²) >= 11 is 3.50. The summed E-state index contributed by atoms with van der Waals surface area (Å²) in [6, 6.07) is 8.12. The zero-order chi connectivity index (χ0) is 19.1. The third kappa shape index (κ3) is 3.22. The maximum atomic E-state index is 5.97. The third-order valence-corrected chi connectivity index (χ3v) is 7.38. The van der Waals surface area contributed by atoms with Crippen molar-refractivity contribution in [1.82, 2.24) is 20.2 Å². The van der Waals surface area contributed by atoms with E-state index in [1.807, 2.05) is 23.5 Å². The van der Waals surface area contributed by atoms with E-state index in [-0.39, 0.29) is 5.25 Å². The lowest BCUT2D eigenvalue weighted by Crippen LogP contribution is -1.99. The van der Waals surface area contributed by atoms with E-state index in [1.165, 1.54) is 40.7 Å². The summed E-state index contributed by atoms with van der Waals surface area (Å²) in [5.74, 6) is 1.18. The van der Waals surface area contributed by atoms with Gasteiger partial charge in [-0.1, -0.05) is 29.5 Å². The molecule has 1 atom stereocenters. The molecule has 0 amide bonds. The number of thiophene rings is 1. The zero-order valence-electron chi connectivity index (χ0n) is 15.8. The number of hydrogen-bond donors (Lipinski definition) is 0. The highest BCUT2D eigenvalue weighted by atomic mass is 32.2. The van der Waals surface area contributed by atoms with Gasteiger partial charge in [0, 0.05) is 15.8 Å². The lowest BCUT2D eigenvalue weighted by atomic mass is 9.97. The predicted octanol–water partition coefficient (Wildman–Crippen LogP) is 5.78. The Morgan fingerprint density at radius 2 is 1.89 bits per heavy atom. The second-order valence-electron chi connectivity index (χ2n) is 7.14. The minimum absolute atomic E-state index is 0.0175. The van der Waals surface area contributed by atoms with Crippen molar-refractivity contribution >= 4 is 33.3 Å². The van der Waals surface area contributed by atoms with Crippen LogP contribution in [0.5, 0.6) is 0 Å². The Morgan fingerprint density at radius 1 is 1.07 bits per heavy atom. The van der Waals surface area contributed by atoms with Gasteiger partial charge in [0.05, 0.1) is 5.25 Å². The van der Waals surface area contributed by atoms with Gasteiger partial charge in [0.15, 0.2) is 0 Å². The summed E-state index contributed by atoms with van der Waals surface area (Å²) in [4.78, 5) is 11.7. The van der Waals surface area contributed by atoms with Gasteiger partial charge in [-0.15, -0.1) is 21.5 Å². The first-order chi connectivity index (χ1) is 13.7. The van der Waals surface area contributed by atoms with E-state index < -0.39 is 0 Å². The summed E-state index contributed by atoms with van der Waals surface area (Å²) in [5.41, 5.74) is 3.60. The summed E-state index contributed by atoms with van der Waals surface area (Å²) in [6.07, 6.45) is 6.49. The van der Waals surface area contributed by atoms with E-state index in [1.54, 1.807) is 18.1 Å². The summed E-state index contributed by atoms with van der Waals surface area (Å²) < 4.78 is 5.97. The average Bonchev–Trinajstić information content (AvgIpc) is 3.34. The lowest BCUT2D eigenvalue weighted by molar-refractivity contribution is 0.509. The smallest absolute Gasteiger partial charge is 0.247 e. The molecule has 0 spiro atoms. The van der Waals surface area contributed by atoms with E-state index in [4.69, 9.17) is 4.42 Å². The van der Waals surface area contributed by atoms with Gasteiger partial charge < -0.3 is 4.42 Å². The highest BCUT2D eigenvalue weighted by molar-refractivity contribution is 7.99. The molecule has 0 fully saturated rings. The van der Waals surface area contributed by atoms with Gasteiger partial charge in [-0.2, -0.15) is 0 Å². The van der Waals surface area contributed by atoms with Crippen LogP contribution in [0.25, 0.3) is 21.7 Å². The highest BCUT2D eigenvalue weighted by Crippen LogP contribution is 2.43. The molecule has 0 N–H and O–H groups in total. The molecule has 0 unspecified atom stereocenters. The third-order valence-electron chi connectivity index (χ3n) is 5.09. The Morgan fingerprint density at radius 3 is 2.75 bits per heavy atom. The van der Waals surface area contributed by atoms with Crippen LogP contribution in [0.4, 0.5) is 0 Å². The monoisotopic (exact) mass is 408 g/mol. The fourth-order valence-corrected chi connectivity index (χ4v) is 5.85. The lowest BCUT2D eigenvalue weighted by Gasteiger charge is -2.12. The van der Waals surface area contributed by atoms with Crippen LogP contribution in [0.15, 0.2) is 40.0 Å². The Labute approximate surface area is 171 Å². The maximum Gasteiger partial charge on any atom is 0.247 e. The minimum atomic E-state index is 0.0175. The number of aryl methyl sites for hydroxylation is 3. The van der Waals surface area contributed by atoms with Crippen molar-refractivity contribution in [3.05, 3.63) is 52.5 Å². The topological polar surface area (TPSA) is 64.7 Å². The second kappa shape index (κ2) is 7.29. The van der Waals surface area contributed by atoms with E-state index in [0.29, 0.717) is 11.8 Å². The fourth-order valence-electron chi connectivity index (χ4n) is 3.58. The molecule has 1 aromatic carbocycles. The summed E-state index contributed by atoms with van der Waals surface area (Å²) in [5, 5.41) is 10.8. The molecule has 142 valence electrons. The molecule has 7 heteroatoms. The van der Waals surface area contributed by atoms with Crippen LogP contribution in [0.1, 0.15) is 46.9 Å². The van der Waals surface area contributed by atoms with E-state index in [0.717, 1.165) is 21.8 Å². The average molecular weight is 409 g/mol. The Kier molecular flexibility index (Phi) is 4.64. The van der Waals surface area contributed by atoms with Crippen molar-refractivity contribution < 1.29 is 4.42 Å². The number of fused-ring (bicyclic) bond motifs is 3. The number of aromatic nitrogens is 4. The number of hydrogen-bond acceptors (Lipinski definition) is 7. The number of benzene rings is 1. The molecule has 0 bridgehead atoms. The first-order valence-corrected chi connectivity index (χ1v) is 11.2. The molecule has 0 saturated carbocycles. The minimum Gasteiger partial charge on any atom is -0.419 e. The quantitative estimate of drug-likeness (QED) is 0.315. The standard InChI is InChI=1S/C21H20N4OS2/c1-12-7-9-14(10-8-12)19-25-24-18(26-19)13(2)27-20-17-15-5-3-4-6-16(15)28-21(17)23-11-22-20/h7-11,13H,3-6H2,1-2H3/t13-/m0/s1. The van der Waals surface area contributed by atoms with Crippen molar-refractivity contribution in [2.75, 3.05) is 0 Å². The van der Waals surface area contributed by atoms with Gasteiger partial charge in [0.2, 0.25) is 11.8 Å². The molecule has 4 aromatic rings. The SMILES string of the molecule is Cc1ccc(-c2nnc([C@H](C)Sc3ncnc4sc5c(c34)CCCC5)o2)cc1. The molecule has 5 nitrogen and oxygen atoms in total. The molecule has 1 aliphatic carbocycles. The Hall–Kier alpha value is -2.25. The second-order valence-corrected chi connectivity index (χ2v) is 9.55. The maximum absolute atomic E-state index is 5.97. The molecule has 0 radical (unpaired) electrons. The molecular weight excluding hydrogens is 388 g/mol. The van der Waals surface area contributed by atoms with Crippen LogP contribution in [0, 0.1) is 6.92 Å². The molecule has 5 rings (SSSR count). The van der Waals surface area contributed by atoms with Crippen LogP contribution in [0.2, 0.25) is 0 Å². The number of nitrogens with zero attached hydrogens (tertiary/aromatic N) is 4. The first-order valence-electron chi connectivity index (χ1n) is 9.51. The molecule has 3 aromatic heterocycles. The molecular formula is C21H20N4OS2. The van der Waals surface area contributed by atoms with Gasteiger partial charge >= 0.3 is 0 Å². The van der Waals surface area contributed by atoms with Gasteiger partial charge in [-0.05, 0) is 57.2 Å². The molecule has 1 aliphatic rings. The van der Waals surface area contributed by atoms with Crippen LogP contribution in [-0.4, -0.2) is 20.2 Å². The van der Waals surface area contributed by atoms with Crippen LogP contribution in [-0.2, 0) is 12.8 Å². The van der Waals surface area contributed by atoms with Crippen molar-refractivity contribution in [3.8, 4) is 11.5 Å². The first kappa shape index (κ1) is 17.8. The van der Waals surface area contributed by atoms with Crippen molar-refractivity contribution in [2.45, 2.75) is 49.8 Å². The Balaban J connectivity index is 1.44. The van der Waals surface area contributed by atoms with Crippen LogP contribution < -0.4 is 0 Å². The van der Waals surface area contributed by atoms with Crippen LogP contribution >= 0.6 is 23.1 Å². The van der Waals surface area contributed by atoms with Crippen molar-refractivity contribution in [1.29, 1.82) is 0 Å². The zero-order valence-corrected chi connectivity index (χ0v) is 17.4. The van der Waals surface area contributed by atoms with E-state index in [2.05, 4.69) is 46.1 Å². The van der Waals surface area contributed by atoms with Gasteiger partial charge in [-0.25, -0.2) is 9.97 Å². The Bertz CT molecular complexity index is 1130. The largest absolute Gasteiger partial charge is 0.419 e. The molecule has 28 heavy (non-hydrogen) atoms. The molecule has 3 heterocycles. The number of rotatable bonds is 4. The normalized spacial score (nSPS) is 14.9. The highest BCUT2D eigenvalue weighted by Gasteiger charge is 2.23. The molecule has 0 saturated heterocycles. The van der Waals surface area contributed by atoms with Crippen molar-refractivity contribution in [2.24, 2.45) is 0 Å². The summed E-state index contributed by atoms with van der Waals surface area (Å²) in [7, 11) is 0. The van der Waals surface area contributed by atoms with Crippen LogP contribution in [0.3, 0.4) is 0 Å².